The van der Waals surface area contributed by atoms with Gasteiger partial charge in [0.05, 0.1) is 12.6 Å². The molecule has 194 valence electrons. The van der Waals surface area contributed by atoms with Crippen LogP contribution in [0.1, 0.15) is 97.3 Å². The van der Waals surface area contributed by atoms with E-state index >= 15 is 0 Å². The predicted octanol–water partition coefficient (Wildman–Crippen LogP) is 4.29. The Morgan fingerprint density at radius 1 is 1.14 bits per heavy atom. The number of hydrogen-bond acceptors (Lipinski definition) is 6. The highest BCUT2D eigenvalue weighted by Crippen LogP contribution is 2.41. The standard InChI is InChI=1S/C27H45N6O2/c1-3-5-7-8-10-13-20-19-21-15-16-23-24(25(34)35-18-12-11-17-30-26(28)29)22(14-9-6-4-2)32-27(31-20)33(21)23/h7-8,20-21,23H,3-6,9-19H2,1-2H3,(H4,28,29,30)/q+1/b8-7-/t20-,21+,23-/m0/s1. The Morgan fingerprint density at radius 3 is 2.74 bits per heavy atom. The molecule has 0 amide bonds. The van der Waals surface area contributed by atoms with Gasteiger partial charge in [0.2, 0.25) is 11.7 Å². The van der Waals surface area contributed by atoms with Gasteiger partial charge in [0.15, 0.2) is 12.0 Å². The van der Waals surface area contributed by atoms with Crippen molar-refractivity contribution in [3.63, 3.8) is 0 Å². The number of nitrogens with zero attached hydrogens (tertiary/aromatic N) is 4. The Bertz CT molecular complexity index is 801. The molecule has 0 aliphatic carbocycles. The smallest absolute Gasteiger partial charge is 0.429 e. The second kappa shape index (κ2) is 14.1. The topological polar surface area (TPSA) is 119 Å². The van der Waals surface area contributed by atoms with Gasteiger partial charge < -0.3 is 16.2 Å². The van der Waals surface area contributed by atoms with E-state index in [9.17, 15) is 4.79 Å². The van der Waals surface area contributed by atoms with Gasteiger partial charge in [-0.3, -0.25) is 9.89 Å². The average molecular weight is 486 g/mol. The Kier molecular flexibility index (Phi) is 10.9. The van der Waals surface area contributed by atoms with E-state index in [-0.39, 0.29) is 18.0 Å². The van der Waals surface area contributed by atoms with Crippen LogP contribution in [0.2, 0.25) is 0 Å². The molecule has 0 aromatic heterocycles. The van der Waals surface area contributed by atoms with Crippen molar-refractivity contribution in [1.29, 1.82) is 0 Å². The maximum atomic E-state index is 13.3. The number of nitrogens with two attached hydrogens (primary N) is 2. The van der Waals surface area contributed by atoms with Gasteiger partial charge in [0.25, 0.3) is 5.92 Å². The quantitative estimate of drug-likeness (QED) is 0.0895. The highest BCUT2D eigenvalue weighted by Gasteiger charge is 2.59. The van der Waals surface area contributed by atoms with Crippen LogP contribution in [0.25, 0.3) is 0 Å². The monoisotopic (exact) mass is 485 g/mol. The Balaban J connectivity index is 1.68. The number of esters is 1. The fourth-order valence-corrected chi connectivity index (χ4v) is 5.28. The van der Waals surface area contributed by atoms with Gasteiger partial charge in [-0.05, 0) is 51.4 Å². The van der Waals surface area contributed by atoms with Crippen LogP contribution in [-0.4, -0.2) is 59.8 Å². The summed E-state index contributed by atoms with van der Waals surface area (Å²) in [7, 11) is 0. The van der Waals surface area contributed by atoms with Crippen molar-refractivity contribution in [3.8, 4) is 0 Å². The van der Waals surface area contributed by atoms with Crippen LogP contribution < -0.4 is 11.5 Å². The molecule has 3 aliphatic heterocycles. The molecule has 3 heterocycles. The highest BCUT2D eigenvalue weighted by atomic mass is 16.5. The summed E-state index contributed by atoms with van der Waals surface area (Å²) in [5, 5.41) is 0. The predicted molar refractivity (Wildman–Crippen MR) is 143 cm³/mol. The SMILES string of the molecule is CCC/C=C\CC[C@H]1C[C@H]2CC[C@H]3[C+](C(=O)OCCCCN=C(N)N)C(CCCCC)=NC(=N1)N23. The maximum absolute atomic E-state index is 13.3. The second-order valence-electron chi connectivity index (χ2n) is 9.89. The molecule has 3 atom stereocenters. The first-order chi connectivity index (χ1) is 17.0. The zero-order chi connectivity index (χ0) is 25.0. The molecular weight excluding hydrogens is 440 g/mol. The third kappa shape index (κ3) is 7.74. The Hall–Kier alpha value is -2.51. The number of allylic oxidation sites excluding steroid dienone is 2. The van der Waals surface area contributed by atoms with Gasteiger partial charge in [-0.15, -0.1) is 0 Å². The number of unbranched alkanes of at least 4 members (excludes halogenated alkanes) is 4. The Labute approximate surface area is 211 Å². The lowest BCUT2D eigenvalue weighted by atomic mass is 9.88. The van der Waals surface area contributed by atoms with E-state index in [4.69, 9.17) is 26.2 Å². The van der Waals surface area contributed by atoms with Crippen molar-refractivity contribution >= 4 is 23.6 Å². The minimum absolute atomic E-state index is 0.0485. The van der Waals surface area contributed by atoms with Gasteiger partial charge in [0.1, 0.15) is 0 Å². The fraction of sp³-hybridized carbons (Fsp3) is 0.741. The molecule has 1 fully saturated rings. The van der Waals surface area contributed by atoms with E-state index in [0.29, 0.717) is 25.2 Å². The van der Waals surface area contributed by atoms with Gasteiger partial charge >= 0.3 is 5.97 Å². The third-order valence-corrected chi connectivity index (χ3v) is 7.06. The molecule has 1 saturated heterocycles. The molecule has 0 saturated carbocycles. The molecule has 3 aliphatic rings. The molecule has 0 radical (unpaired) electrons. The molecule has 0 aromatic carbocycles. The van der Waals surface area contributed by atoms with E-state index in [1.54, 1.807) is 0 Å². The van der Waals surface area contributed by atoms with Gasteiger partial charge in [-0.1, -0.05) is 45.3 Å². The van der Waals surface area contributed by atoms with Crippen molar-refractivity contribution in [3.05, 3.63) is 18.1 Å². The van der Waals surface area contributed by atoms with Crippen molar-refractivity contribution in [1.82, 2.24) is 4.90 Å². The summed E-state index contributed by atoms with van der Waals surface area (Å²) in [6, 6.07) is 0.781. The summed E-state index contributed by atoms with van der Waals surface area (Å²) in [6.07, 6.45) is 17.8. The number of ether oxygens (including phenoxy) is 1. The van der Waals surface area contributed by atoms with Gasteiger partial charge in [-0.25, -0.2) is 4.99 Å². The van der Waals surface area contributed by atoms with Gasteiger partial charge in [0, 0.05) is 25.4 Å². The fourth-order valence-electron chi connectivity index (χ4n) is 5.28. The van der Waals surface area contributed by atoms with E-state index in [0.717, 1.165) is 94.6 Å². The van der Waals surface area contributed by atoms with Crippen LogP contribution in [0.5, 0.6) is 0 Å². The number of guanidine groups is 2. The molecule has 0 spiro atoms. The first-order valence-electron chi connectivity index (χ1n) is 13.7. The van der Waals surface area contributed by atoms with Gasteiger partial charge in [-0.2, -0.15) is 9.79 Å². The van der Waals surface area contributed by atoms with Crippen LogP contribution >= 0.6 is 0 Å². The molecule has 3 rings (SSSR count). The lowest BCUT2D eigenvalue weighted by Gasteiger charge is -2.37. The molecule has 35 heavy (non-hydrogen) atoms. The van der Waals surface area contributed by atoms with Crippen LogP contribution in [0, 0.1) is 5.92 Å². The van der Waals surface area contributed by atoms with Crippen LogP contribution in [0.3, 0.4) is 0 Å². The largest absolute Gasteiger partial charge is 0.508 e. The molecule has 8 nitrogen and oxygen atoms in total. The van der Waals surface area contributed by atoms with Crippen LogP contribution in [0.4, 0.5) is 0 Å². The summed E-state index contributed by atoms with van der Waals surface area (Å²) in [5.74, 6) is 1.51. The first kappa shape index (κ1) is 27.1. The zero-order valence-electron chi connectivity index (χ0n) is 21.8. The van der Waals surface area contributed by atoms with Crippen molar-refractivity contribution in [2.75, 3.05) is 13.2 Å². The van der Waals surface area contributed by atoms with Crippen molar-refractivity contribution in [2.45, 2.75) is 115 Å². The summed E-state index contributed by atoms with van der Waals surface area (Å²) in [4.78, 5) is 29.6. The first-order valence-corrected chi connectivity index (χ1v) is 13.7. The van der Waals surface area contributed by atoms with E-state index in [1.807, 2.05) is 0 Å². The lowest BCUT2D eigenvalue weighted by molar-refractivity contribution is -0.141. The lowest BCUT2D eigenvalue weighted by Crippen LogP contribution is -2.54. The molecule has 8 heteroatoms. The zero-order valence-corrected chi connectivity index (χ0v) is 21.8. The summed E-state index contributed by atoms with van der Waals surface area (Å²) >= 11 is 0. The minimum atomic E-state index is -0.213. The van der Waals surface area contributed by atoms with Crippen LogP contribution in [0.15, 0.2) is 27.1 Å². The Morgan fingerprint density at radius 2 is 1.97 bits per heavy atom. The highest BCUT2D eigenvalue weighted by molar-refractivity contribution is 6.21. The number of carbonyl (C=O) groups is 1. The molecule has 4 N–H and O–H groups in total. The third-order valence-electron chi connectivity index (χ3n) is 7.06. The van der Waals surface area contributed by atoms with Crippen LogP contribution in [-0.2, 0) is 9.53 Å². The molecule has 0 unspecified atom stereocenters. The normalized spacial score (nSPS) is 23.2. The summed E-state index contributed by atoms with van der Waals surface area (Å²) in [6.45, 7) is 5.32. The average Bonchev–Trinajstić information content (AvgIpc) is 3.25. The van der Waals surface area contributed by atoms with E-state index in [2.05, 4.69) is 35.9 Å². The van der Waals surface area contributed by atoms with E-state index < -0.39 is 0 Å². The van der Waals surface area contributed by atoms with Crippen molar-refractivity contribution < 1.29 is 9.53 Å². The van der Waals surface area contributed by atoms with E-state index in [1.165, 1.54) is 6.42 Å². The molecular formula is C27H45N6O2+. The summed E-state index contributed by atoms with van der Waals surface area (Å²) in [5.41, 5.74) is 11.6. The number of rotatable bonds is 15. The number of hydrogen-bond donors (Lipinski definition) is 2. The molecule has 0 aromatic rings. The summed E-state index contributed by atoms with van der Waals surface area (Å²) < 4.78 is 5.72. The molecule has 0 bridgehead atoms. The maximum Gasteiger partial charge on any atom is 0.508 e. The minimum Gasteiger partial charge on any atom is -0.429 e. The number of carbonyl (C=O) groups excluding carboxylic acids is 1. The van der Waals surface area contributed by atoms with Crippen molar-refractivity contribution in [2.24, 2.45) is 26.4 Å². The second-order valence-corrected chi connectivity index (χ2v) is 9.89. The number of aliphatic imine (C=N–C) groups is 3.